The van der Waals surface area contributed by atoms with Crippen LogP contribution in [0.5, 0.6) is 0 Å². The van der Waals surface area contributed by atoms with Crippen molar-refractivity contribution in [2.45, 2.75) is 33.1 Å². The van der Waals surface area contributed by atoms with Gasteiger partial charge in [0.05, 0.1) is 6.61 Å². The first-order valence-corrected chi connectivity index (χ1v) is 5.87. The van der Waals surface area contributed by atoms with Crippen LogP contribution < -0.4 is 0 Å². The highest BCUT2D eigenvalue weighted by Crippen LogP contribution is 2.02. The lowest BCUT2D eigenvalue weighted by Gasteiger charge is -2.01. The highest BCUT2D eigenvalue weighted by Gasteiger charge is 2.01. The molecule has 0 radical (unpaired) electrons. The SMILES string of the molecule is CCC=O.CCOC(=O)CCc1ccccc1. The molecule has 0 spiro atoms. The minimum Gasteiger partial charge on any atom is -0.466 e. The zero-order chi connectivity index (χ0) is 12.9. The lowest BCUT2D eigenvalue weighted by Crippen LogP contribution is -2.04. The second-order valence-electron chi connectivity index (χ2n) is 3.37. The van der Waals surface area contributed by atoms with Crippen LogP contribution in [0.3, 0.4) is 0 Å². The average molecular weight is 236 g/mol. The summed E-state index contributed by atoms with van der Waals surface area (Å²) in [7, 11) is 0. The van der Waals surface area contributed by atoms with Crippen LogP contribution in [0.15, 0.2) is 30.3 Å². The minimum absolute atomic E-state index is 0.119. The average Bonchev–Trinajstić information content (AvgIpc) is 2.38. The molecule has 0 aliphatic carbocycles. The van der Waals surface area contributed by atoms with E-state index in [0.717, 1.165) is 12.7 Å². The summed E-state index contributed by atoms with van der Waals surface area (Å²) in [4.78, 5) is 20.2. The second-order valence-corrected chi connectivity index (χ2v) is 3.37. The lowest BCUT2D eigenvalue weighted by atomic mass is 10.1. The Morgan fingerprint density at radius 1 is 1.24 bits per heavy atom. The number of carbonyl (C=O) groups is 2. The quantitative estimate of drug-likeness (QED) is 0.583. The van der Waals surface area contributed by atoms with E-state index in [0.29, 0.717) is 19.4 Å². The highest BCUT2D eigenvalue weighted by molar-refractivity contribution is 5.69. The van der Waals surface area contributed by atoms with Gasteiger partial charge < -0.3 is 9.53 Å². The molecule has 1 rings (SSSR count). The molecule has 0 aromatic heterocycles. The summed E-state index contributed by atoms with van der Waals surface area (Å²) in [6.07, 6.45) is 2.75. The summed E-state index contributed by atoms with van der Waals surface area (Å²) in [6, 6.07) is 9.94. The zero-order valence-electron chi connectivity index (χ0n) is 10.5. The molecule has 0 fully saturated rings. The Morgan fingerprint density at radius 3 is 2.29 bits per heavy atom. The van der Waals surface area contributed by atoms with Crippen LogP contribution in [0.25, 0.3) is 0 Å². The van der Waals surface area contributed by atoms with Crippen molar-refractivity contribution >= 4 is 12.3 Å². The maximum Gasteiger partial charge on any atom is 0.306 e. The van der Waals surface area contributed by atoms with Gasteiger partial charge in [0.25, 0.3) is 0 Å². The second kappa shape index (κ2) is 10.9. The van der Waals surface area contributed by atoms with E-state index in [1.54, 1.807) is 0 Å². The van der Waals surface area contributed by atoms with Crippen LogP contribution >= 0.6 is 0 Å². The van der Waals surface area contributed by atoms with E-state index >= 15 is 0 Å². The molecule has 17 heavy (non-hydrogen) atoms. The molecule has 94 valence electrons. The van der Waals surface area contributed by atoms with Gasteiger partial charge >= 0.3 is 5.97 Å². The first-order valence-electron chi connectivity index (χ1n) is 5.87. The van der Waals surface area contributed by atoms with E-state index in [4.69, 9.17) is 4.74 Å². The highest BCUT2D eigenvalue weighted by atomic mass is 16.5. The third kappa shape index (κ3) is 9.30. The summed E-state index contributed by atoms with van der Waals surface area (Å²) < 4.78 is 4.82. The van der Waals surface area contributed by atoms with Crippen molar-refractivity contribution in [1.29, 1.82) is 0 Å². The Labute approximate surface area is 103 Å². The van der Waals surface area contributed by atoms with Gasteiger partial charge in [-0.3, -0.25) is 4.79 Å². The molecule has 3 heteroatoms. The van der Waals surface area contributed by atoms with Gasteiger partial charge in [-0.2, -0.15) is 0 Å². The summed E-state index contributed by atoms with van der Waals surface area (Å²) in [5.74, 6) is -0.119. The van der Waals surface area contributed by atoms with Crippen LogP contribution in [0.2, 0.25) is 0 Å². The topological polar surface area (TPSA) is 43.4 Å². The van der Waals surface area contributed by atoms with Gasteiger partial charge in [-0.1, -0.05) is 37.3 Å². The first-order chi connectivity index (χ1) is 8.24. The number of esters is 1. The minimum atomic E-state index is -0.119. The van der Waals surface area contributed by atoms with Crippen molar-refractivity contribution in [1.82, 2.24) is 0 Å². The molecule has 0 unspecified atom stereocenters. The molecule has 0 saturated heterocycles. The van der Waals surface area contributed by atoms with Crippen molar-refractivity contribution in [2.75, 3.05) is 6.61 Å². The third-order valence-corrected chi connectivity index (χ3v) is 1.93. The summed E-state index contributed by atoms with van der Waals surface area (Å²) >= 11 is 0. The predicted molar refractivity (Wildman–Crippen MR) is 67.8 cm³/mol. The van der Waals surface area contributed by atoms with Crippen LogP contribution in [-0.4, -0.2) is 18.9 Å². The Balaban J connectivity index is 0.000000557. The van der Waals surface area contributed by atoms with Gasteiger partial charge in [0.15, 0.2) is 0 Å². The maximum atomic E-state index is 11.0. The molecule has 0 saturated carbocycles. The van der Waals surface area contributed by atoms with Gasteiger partial charge in [0.1, 0.15) is 6.29 Å². The van der Waals surface area contributed by atoms with Crippen LogP contribution in [0.4, 0.5) is 0 Å². The van der Waals surface area contributed by atoms with Gasteiger partial charge in [0.2, 0.25) is 0 Å². The molecule has 0 aliphatic heterocycles. The molecular weight excluding hydrogens is 216 g/mol. The number of aryl methyl sites for hydroxylation is 1. The van der Waals surface area contributed by atoms with Crippen molar-refractivity contribution in [3.8, 4) is 0 Å². The van der Waals surface area contributed by atoms with E-state index in [1.165, 1.54) is 5.56 Å². The summed E-state index contributed by atoms with van der Waals surface area (Å²) in [5.41, 5.74) is 1.18. The summed E-state index contributed by atoms with van der Waals surface area (Å²) in [5, 5.41) is 0. The first kappa shape index (κ1) is 15.4. The fraction of sp³-hybridized carbons (Fsp3) is 0.429. The molecule has 0 atom stereocenters. The zero-order valence-corrected chi connectivity index (χ0v) is 10.5. The van der Waals surface area contributed by atoms with Crippen molar-refractivity contribution < 1.29 is 14.3 Å². The number of hydrogen-bond donors (Lipinski definition) is 0. The van der Waals surface area contributed by atoms with E-state index in [-0.39, 0.29) is 5.97 Å². The number of aldehydes is 1. The Kier molecular flexibility index (Phi) is 9.82. The molecule has 1 aromatic carbocycles. The number of benzene rings is 1. The van der Waals surface area contributed by atoms with Crippen molar-refractivity contribution in [3.05, 3.63) is 35.9 Å². The molecular formula is C14H20O3. The van der Waals surface area contributed by atoms with Crippen LogP contribution in [-0.2, 0) is 20.7 Å². The fourth-order valence-corrected chi connectivity index (χ4v) is 1.12. The molecule has 3 nitrogen and oxygen atoms in total. The molecule has 1 aromatic rings. The number of carbonyl (C=O) groups excluding carboxylic acids is 2. The summed E-state index contributed by atoms with van der Waals surface area (Å²) in [6.45, 7) is 4.10. The van der Waals surface area contributed by atoms with Gasteiger partial charge in [-0.25, -0.2) is 0 Å². The lowest BCUT2D eigenvalue weighted by molar-refractivity contribution is -0.143. The Hall–Kier alpha value is -1.64. The number of ether oxygens (including phenoxy) is 1. The van der Waals surface area contributed by atoms with E-state index in [9.17, 15) is 9.59 Å². The van der Waals surface area contributed by atoms with Crippen molar-refractivity contribution in [3.63, 3.8) is 0 Å². The molecule has 0 bridgehead atoms. The maximum absolute atomic E-state index is 11.0. The molecule has 0 heterocycles. The van der Waals surface area contributed by atoms with Gasteiger partial charge in [-0.15, -0.1) is 0 Å². The molecule has 0 aliphatic rings. The largest absolute Gasteiger partial charge is 0.466 e. The Morgan fingerprint density at radius 2 is 1.82 bits per heavy atom. The van der Waals surface area contributed by atoms with E-state index in [1.807, 2.05) is 44.2 Å². The smallest absolute Gasteiger partial charge is 0.306 e. The number of rotatable bonds is 5. The number of hydrogen-bond acceptors (Lipinski definition) is 3. The van der Waals surface area contributed by atoms with Crippen molar-refractivity contribution in [2.24, 2.45) is 0 Å². The monoisotopic (exact) mass is 236 g/mol. The molecule has 0 N–H and O–H groups in total. The van der Waals surface area contributed by atoms with E-state index in [2.05, 4.69) is 0 Å². The molecule has 0 amide bonds. The van der Waals surface area contributed by atoms with Gasteiger partial charge in [-0.05, 0) is 18.9 Å². The fourth-order valence-electron chi connectivity index (χ4n) is 1.12. The predicted octanol–water partition coefficient (Wildman–Crippen LogP) is 2.78. The van der Waals surface area contributed by atoms with Crippen LogP contribution in [0, 0.1) is 0 Å². The van der Waals surface area contributed by atoms with Crippen LogP contribution in [0.1, 0.15) is 32.3 Å². The normalized spacial score (nSPS) is 8.82. The standard InChI is InChI=1S/C11H14O2.C3H6O/c1-2-13-11(12)9-8-10-6-4-3-5-7-10;1-2-3-4/h3-7H,2,8-9H2,1H3;3H,2H2,1H3. The van der Waals surface area contributed by atoms with E-state index < -0.39 is 0 Å². The third-order valence-electron chi connectivity index (χ3n) is 1.93. The van der Waals surface area contributed by atoms with Gasteiger partial charge in [0, 0.05) is 12.8 Å². The Bertz CT molecular complexity index is 307.